The summed E-state index contributed by atoms with van der Waals surface area (Å²) in [5, 5.41) is 0. The Hall–Kier alpha value is -1.22. The van der Waals surface area contributed by atoms with Crippen molar-refractivity contribution in [3.8, 4) is 0 Å². The SMILES string of the molecule is NCCC(=O)CCc1cccnc1. The molecule has 0 aliphatic carbocycles. The fourth-order valence-electron chi connectivity index (χ4n) is 1.12. The largest absolute Gasteiger partial charge is 0.330 e. The molecule has 3 heteroatoms. The molecule has 0 spiro atoms. The summed E-state index contributed by atoms with van der Waals surface area (Å²) in [5.41, 5.74) is 6.37. The zero-order valence-electron chi connectivity index (χ0n) is 7.57. The van der Waals surface area contributed by atoms with Crippen LogP contribution in [0.3, 0.4) is 0 Å². The highest BCUT2D eigenvalue weighted by Gasteiger charge is 2.00. The maximum absolute atomic E-state index is 11.1. The van der Waals surface area contributed by atoms with Crippen LogP contribution in [0.2, 0.25) is 0 Å². The van der Waals surface area contributed by atoms with E-state index in [1.165, 1.54) is 0 Å². The predicted molar refractivity (Wildman–Crippen MR) is 51.2 cm³/mol. The highest BCUT2D eigenvalue weighted by Crippen LogP contribution is 2.01. The van der Waals surface area contributed by atoms with E-state index in [2.05, 4.69) is 4.98 Å². The number of carbonyl (C=O) groups is 1. The van der Waals surface area contributed by atoms with E-state index in [9.17, 15) is 4.79 Å². The summed E-state index contributed by atoms with van der Waals surface area (Å²) >= 11 is 0. The summed E-state index contributed by atoms with van der Waals surface area (Å²) in [4.78, 5) is 15.1. The maximum atomic E-state index is 11.1. The Balaban J connectivity index is 2.31. The van der Waals surface area contributed by atoms with Gasteiger partial charge in [0.1, 0.15) is 5.78 Å². The molecule has 0 amide bonds. The van der Waals surface area contributed by atoms with Crippen LogP contribution < -0.4 is 5.73 Å². The van der Waals surface area contributed by atoms with Crippen molar-refractivity contribution in [1.82, 2.24) is 4.98 Å². The van der Waals surface area contributed by atoms with E-state index in [-0.39, 0.29) is 5.78 Å². The summed E-state index contributed by atoms with van der Waals surface area (Å²) in [6.45, 7) is 0.450. The van der Waals surface area contributed by atoms with Crippen LogP contribution in [-0.2, 0) is 11.2 Å². The number of nitrogens with two attached hydrogens (primary N) is 1. The van der Waals surface area contributed by atoms with Crippen LogP contribution >= 0.6 is 0 Å². The molecule has 2 N–H and O–H groups in total. The standard InChI is InChI=1S/C10H14N2O/c11-6-5-10(13)4-3-9-2-1-7-12-8-9/h1-2,7-8H,3-6,11H2. The van der Waals surface area contributed by atoms with Gasteiger partial charge in [0.15, 0.2) is 0 Å². The number of aromatic nitrogens is 1. The van der Waals surface area contributed by atoms with Crippen LogP contribution in [0.25, 0.3) is 0 Å². The Morgan fingerprint density at radius 2 is 2.31 bits per heavy atom. The first-order chi connectivity index (χ1) is 6.33. The maximum Gasteiger partial charge on any atom is 0.134 e. The Kier molecular flexibility index (Phi) is 4.12. The Morgan fingerprint density at radius 1 is 1.46 bits per heavy atom. The van der Waals surface area contributed by atoms with Gasteiger partial charge in [-0.25, -0.2) is 0 Å². The fourth-order valence-corrected chi connectivity index (χ4v) is 1.12. The number of aryl methyl sites for hydroxylation is 1. The van der Waals surface area contributed by atoms with E-state index in [0.717, 1.165) is 12.0 Å². The molecule has 0 radical (unpaired) electrons. The summed E-state index contributed by atoms with van der Waals surface area (Å²) in [6.07, 6.45) is 5.34. The molecule has 3 nitrogen and oxygen atoms in total. The average molecular weight is 178 g/mol. The second-order valence-electron chi connectivity index (χ2n) is 2.94. The number of hydrogen-bond acceptors (Lipinski definition) is 3. The van der Waals surface area contributed by atoms with Gasteiger partial charge in [0.2, 0.25) is 0 Å². The van der Waals surface area contributed by atoms with Crippen molar-refractivity contribution >= 4 is 5.78 Å². The summed E-state index contributed by atoms with van der Waals surface area (Å²) in [5.74, 6) is 0.228. The molecule has 0 aromatic carbocycles. The molecule has 0 saturated carbocycles. The zero-order valence-corrected chi connectivity index (χ0v) is 7.57. The third kappa shape index (κ3) is 3.80. The number of ketones is 1. The van der Waals surface area contributed by atoms with Crippen LogP contribution in [-0.4, -0.2) is 17.3 Å². The van der Waals surface area contributed by atoms with Gasteiger partial charge in [-0.1, -0.05) is 6.07 Å². The first kappa shape index (κ1) is 9.86. The highest BCUT2D eigenvalue weighted by atomic mass is 16.1. The first-order valence-electron chi connectivity index (χ1n) is 4.43. The van der Waals surface area contributed by atoms with Gasteiger partial charge in [0.05, 0.1) is 0 Å². The number of hydrogen-bond donors (Lipinski definition) is 1. The second kappa shape index (κ2) is 5.43. The van der Waals surface area contributed by atoms with E-state index >= 15 is 0 Å². The molecule has 0 aliphatic heterocycles. The molecule has 13 heavy (non-hydrogen) atoms. The summed E-state index contributed by atoms with van der Waals surface area (Å²) in [6, 6.07) is 3.85. The lowest BCUT2D eigenvalue weighted by Crippen LogP contribution is -2.08. The van der Waals surface area contributed by atoms with E-state index in [1.807, 2.05) is 12.1 Å². The number of carbonyl (C=O) groups excluding carboxylic acids is 1. The van der Waals surface area contributed by atoms with Crippen molar-refractivity contribution in [2.24, 2.45) is 5.73 Å². The molecular formula is C10H14N2O. The van der Waals surface area contributed by atoms with Gasteiger partial charge >= 0.3 is 0 Å². The molecule has 1 heterocycles. The minimum atomic E-state index is 0.228. The summed E-state index contributed by atoms with van der Waals surface area (Å²) < 4.78 is 0. The number of Topliss-reactive ketones (excluding diaryl/α,β-unsaturated/α-hetero) is 1. The van der Waals surface area contributed by atoms with Crippen molar-refractivity contribution in [2.45, 2.75) is 19.3 Å². The van der Waals surface area contributed by atoms with Crippen molar-refractivity contribution in [3.05, 3.63) is 30.1 Å². The van der Waals surface area contributed by atoms with Gasteiger partial charge in [0, 0.05) is 25.2 Å². The smallest absolute Gasteiger partial charge is 0.134 e. The number of pyridine rings is 1. The van der Waals surface area contributed by atoms with Crippen LogP contribution in [0, 0.1) is 0 Å². The second-order valence-corrected chi connectivity index (χ2v) is 2.94. The molecule has 0 saturated heterocycles. The molecule has 0 fully saturated rings. The lowest BCUT2D eigenvalue weighted by Gasteiger charge is -1.98. The van der Waals surface area contributed by atoms with Crippen molar-refractivity contribution in [2.75, 3.05) is 6.54 Å². The van der Waals surface area contributed by atoms with Crippen molar-refractivity contribution in [1.29, 1.82) is 0 Å². The molecule has 0 atom stereocenters. The van der Waals surface area contributed by atoms with E-state index in [0.29, 0.717) is 19.4 Å². The number of rotatable bonds is 5. The van der Waals surface area contributed by atoms with Gasteiger partial charge in [-0.15, -0.1) is 0 Å². The predicted octanol–water partition coefficient (Wildman–Crippen LogP) is 0.932. The zero-order chi connectivity index (χ0) is 9.52. The molecule has 0 bridgehead atoms. The number of nitrogens with zero attached hydrogens (tertiary/aromatic N) is 1. The van der Waals surface area contributed by atoms with Crippen molar-refractivity contribution < 1.29 is 4.79 Å². The minimum Gasteiger partial charge on any atom is -0.330 e. The third-order valence-electron chi connectivity index (χ3n) is 1.84. The fraction of sp³-hybridized carbons (Fsp3) is 0.400. The van der Waals surface area contributed by atoms with Gasteiger partial charge in [-0.3, -0.25) is 9.78 Å². The lowest BCUT2D eigenvalue weighted by atomic mass is 10.1. The molecule has 70 valence electrons. The lowest BCUT2D eigenvalue weighted by molar-refractivity contribution is -0.118. The van der Waals surface area contributed by atoms with Crippen LogP contribution in [0.15, 0.2) is 24.5 Å². The van der Waals surface area contributed by atoms with Gasteiger partial charge in [0.25, 0.3) is 0 Å². The van der Waals surface area contributed by atoms with Crippen LogP contribution in [0.5, 0.6) is 0 Å². The summed E-state index contributed by atoms with van der Waals surface area (Å²) in [7, 11) is 0. The molecule has 0 unspecified atom stereocenters. The molecule has 1 aromatic rings. The third-order valence-corrected chi connectivity index (χ3v) is 1.84. The van der Waals surface area contributed by atoms with Crippen molar-refractivity contribution in [3.63, 3.8) is 0 Å². The Morgan fingerprint density at radius 3 is 2.92 bits per heavy atom. The monoisotopic (exact) mass is 178 g/mol. The molecular weight excluding hydrogens is 164 g/mol. The van der Waals surface area contributed by atoms with E-state index < -0.39 is 0 Å². The average Bonchev–Trinajstić information content (AvgIpc) is 2.17. The topological polar surface area (TPSA) is 56.0 Å². The normalized spacial score (nSPS) is 9.92. The van der Waals surface area contributed by atoms with Crippen LogP contribution in [0.1, 0.15) is 18.4 Å². The molecule has 1 rings (SSSR count). The molecule has 1 aromatic heterocycles. The van der Waals surface area contributed by atoms with E-state index in [4.69, 9.17) is 5.73 Å². The van der Waals surface area contributed by atoms with Crippen LogP contribution in [0.4, 0.5) is 0 Å². The van der Waals surface area contributed by atoms with Gasteiger partial charge in [-0.2, -0.15) is 0 Å². The highest BCUT2D eigenvalue weighted by molar-refractivity contribution is 5.78. The quantitative estimate of drug-likeness (QED) is 0.729. The first-order valence-corrected chi connectivity index (χ1v) is 4.43. The van der Waals surface area contributed by atoms with E-state index in [1.54, 1.807) is 12.4 Å². The van der Waals surface area contributed by atoms with Gasteiger partial charge in [-0.05, 0) is 24.6 Å². The Labute approximate surface area is 78.0 Å². The van der Waals surface area contributed by atoms with Gasteiger partial charge < -0.3 is 5.73 Å². The minimum absolute atomic E-state index is 0.228. The Bertz CT molecular complexity index is 259. The molecule has 0 aliphatic rings.